The molecular formula is C17H26ClNS. The van der Waals surface area contributed by atoms with E-state index >= 15 is 0 Å². The lowest BCUT2D eigenvalue weighted by molar-refractivity contribution is 0.243. The summed E-state index contributed by atoms with van der Waals surface area (Å²) >= 11 is 7.99. The van der Waals surface area contributed by atoms with Crippen LogP contribution in [-0.2, 0) is 0 Å². The first-order valence-corrected chi connectivity index (χ1v) is 9.17. The first-order chi connectivity index (χ1) is 9.69. The van der Waals surface area contributed by atoms with Gasteiger partial charge in [0, 0.05) is 21.7 Å². The van der Waals surface area contributed by atoms with Crippen LogP contribution in [0, 0.1) is 11.8 Å². The molecule has 0 spiro atoms. The zero-order valence-electron chi connectivity index (χ0n) is 12.6. The predicted molar refractivity (Wildman–Crippen MR) is 90.8 cm³/mol. The maximum absolute atomic E-state index is 6.06. The van der Waals surface area contributed by atoms with Crippen molar-refractivity contribution in [2.75, 3.05) is 12.3 Å². The molecule has 0 amide bonds. The van der Waals surface area contributed by atoms with E-state index in [-0.39, 0.29) is 0 Å². The maximum Gasteiger partial charge on any atom is 0.0417 e. The third-order valence-corrected chi connectivity index (χ3v) is 5.67. The van der Waals surface area contributed by atoms with Crippen molar-refractivity contribution in [3.05, 3.63) is 29.3 Å². The van der Waals surface area contributed by atoms with Crippen molar-refractivity contribution in [2.24, 2.45) is 11.8 Å². The highest BCUT2D eigenvalue weighted by atomic mass is 35.5. The second-order valence-electron chi connectivity index (χ2n) is 5.95. The molecule has 0 radical (unpaired) electrons. The van der Waals surface area contributed by atoms with Gasteiger partial charge in [0.2, 0.25) is 0 Å². The molecule has 1 N–H and O–H groups in total. The average molecular weight is 312 g/mol. The monoisotopic (exact) mass is 311 g/mol. The maximum atomic E-state index is 6.06. The molecule has 1 atom stereocenters. The first-order valence-electron chi connectivity index (χ1n) is 7.80. The second kappa shape index (κ2) is 8.31. The number of halogens is 1. The lowest BCUT2D eigenvalue weighted by atomic mass is 9.79. The molecule has 1 unspecified atom stereocenters. The van der Waals surface area contributed by atoms with Gasteiger partial charge < -0.3 is 5.32 Å². The minimum absolute atomic E-state index is 0.636. The summed E-state index contributed by atoms with van der Waals surface area (Å²) < 4.78 is 0. The molecule has 1 aromatic rings. The van der Waals surface area contributed by atoms with Gasteiger partial charge in [0.1, 0.15) is 0 Å². The number of rotatable bonds is 6. The van der Waals surface area contributed by atoms with Crippen molar-refractivity contribution in [1.82, 2.24) is 5.32 Å². The first kappa shape index (κ1) is 16.2. The highest BCUT2D eigenvalue weighted by Gasteiger charge is 2.25. The fourth-order valence-corrected chi connectivity index (χ4v) is 4.46. The van der Waals surface area contributed by atoms with Gasteiger partial charge in [0.15, 0.2) is 0 Å². The Hall–Kier alpha value is -0.180. The van der Waals surface area contributed by atoms with E-state index < -0.39 is 0 Å². The Balaban J connectivity index is 1.88. The molecule has 1 aliphatic carbocycles. The summed E-state index contributed by atoms with van der Waals surface area (Å²) in [5.74, 6) is 2.92. The predicted octanol–water partition coefficient (Wildman–Crippen LogP) is 5.24. The van der Waals surface area contributed by atoms with Crippen molar-refractivity contribution in [1.29, 1.82) is 0 Å². The van der Waals surface area contributed by atoms with Crippen LogP contribution >= 0.6 is 23.4 Å². The molecule has 0 heterocycles. The van der Waals surface area contributed by atoms with E-state index in [1.54, 1.807) is 0 Å². The van der Waals surface area contributed by atoms with Gasteiger partial charge in [-0.15, -0.1) is 11.8 Å². The van der Waals surface area contributed by atoms with E-state index in [0.29, 0.717) is 6.04 Å². The molecular weight excluding hydrogens is 286 g/mol. The number of nitrogens with one attached hydrogen (secondary N) is 1. The smallest absolute Gasteiger partial charge is 0.0417 e. The third kappa shape index (κ3) is 4.98. The molecule has 0 aliphatic heterocycles. The van der Waals surface area contributed by atoms with Gasteiger partial charge in [-0.1, -0.05) is 44.4 Å². The number of hydrogen-bond acceptors (Lipinski definition) is 2. The number of thioether (sulfide) groups is 1. The van der Waals surface area contributed by atoms with Crippen LogP contribution in [0.1, 0.15) is 39.5 Å². The van der Waals surface area contributed by atoms with Crippen LogP contribution in [0.3, 0.4) is 0 Å². The van der Waals surface area contributed by atoms with Crippen molar-refractivity contribution < 1.29 is 0 Å². The Bertz CT molecular complexity index is 402. The fourth-order valence-electron chi connectivity index (χ4n) is 3.05. The topological polar surface area (TPSA) is 12.0 Å². The lowest BCUT2D eigenvalue weighted by Gasteiger charge is -2.33. The lowest BCUT2D eigenvalue weighted by Crippen LogP contribution is -2.39. The molecule has 3 heteroatoms. The zero-order valence-corrected chi connectivity index (χ0v) is 14.1. The third-order valence-electron chi connectivity index (χ3n) is 4.32. The van der Waals surface area contributed by atoms with Crippen molar-refractivity contribution in [3.8, 4) is 0 Å². The largest absolute Gasteiger partial charge is 0.313 e. The number of hydrogen-bond donors (Lipinski definition) is 1. The fraction of sp³-hybridized carbons (Fsp3) is 0.647. The molecule has 112 valence electrons. The van der Waals surface area contributed by atoms with Gasteiger partial charge in [-0.05, 0) is 49.4 Å². The Kier molecular flexibility index (Phi) is 6.73. The van der Waals surface area contributed by atoms with Gasteiger partial charge in [0.25, 0.3) is 0 Å². The zero-order chi connectivity index (χ0) is 14.4. The summed E-state index contributed by atoms with van der Waals surface area (Å²) in [4.78, 5) is 1.28. The van der Waals surface area contributed by atoms with E-state index in [9.17, 15) is 0 Å². The SMILES string of the molecule is CCNC(CSc1cccc(Cl)c1)C1CCC(C)CC1. The molecule has 0 bridgehead atoms. The van der Waals surface area contributed by atoms with E-state index in [0.717, 1.165) is 29.2 Å². The summed E-state index contributed by atoms with van der Waals surface area (Å²) in [5, 5.41) is 4.53. The molecule has 0 saturated heterocycles. The van der Waals surface area contributed by atoms with Crippen molar-refractivity contribution in [3.63, 3.8) is 0 Å². The molecule has 0 aromatic heterocycles. The summed E-state index contributed by atoms with van der Waals surface area (Å²) in [5.41, 5.74) is 0. The summed E-state index contributed by atoms with van der Waals surface area (Å²) in [6, 6.07) is 8.84. The average Bonchev–Trinajstić information content (AvgIpc) is 2.44. The number of benzene rings is 1. The van der Waals surface area contributed by atoms with Crippen LogP contribution in [0.15, 0.2) is 29.2 Å². The van der Waals surface area contributed by atoms with Crippen LogP contribution in [0.25, 0.3) is 0 Å². The van der Waals surface area contributed by atoms with Gasteiger partial charge in [0.05, 0.1) is 0 Å². The van der Waals surface area contributed by atoms with Gasteiger partial charge >= 0.3 is 0 Å². The van der Waals surface area contributed by atoms with E-state index in [2.05, 4.69) is 31.3 Å². The highest BCUT2D eigenvalue weighted by molar-refractivity contribution is 7.99. The standard InChI is InChI=1S/C17H26ClNS/c1-3-19-17(14-9-7-13(2)8-10-14)12-20-16-6-4-5-15(18)11-16/h4-6,11,13-14,17,19H,3,7-10,12H2,1-2H3. The van der Waals surface area contributed by atoms with Gasteiger partial charge in [-0.2, -0.15) is 0 Å². The van der Waals surface area contributed by atoms with E-state index in [1.165, 1.54) is 30.6 Å². The van der Waals surface area contributed by atoms with Gasteiger partial charge in [-0.25, -0.2) is 0 Å². The Morgan fingerprint density at radius 2 is 2.05 bits per heavy atom. The summed E-state index contributed by atoms with van der Waals surface area (Å²) in [7, 11) is 0. The van der Waals surface area contributed by atoms with Crippen molar-refractivity contribution >= 4 is 23.4 Å². The molecule has 1 fully saturated rings. The van der Waals surface area contributed by atoms with Crippen LogP contribution in [0.2, 0.25) is 5.02 Å². The van der Waals surface area contributed by atoms with Crippen molar-refractivity contribution in [2.45, 2.75) is 50.5 Å². The molecule has 1 saturated carbocycles. The van der Waals surface area contributed by atoms with E-state index in [1.807, 2.05) is 23.9 Å². The Morgan fingerprint density at radius 3 is 2.70 bits per heavy atom. The summed E-state index contributed by atoms with van der Waals surface area (Å²) in [6.07, 6.45) is 5.56. The molecule has 1 aromatic carbocycles. The molecule has 20 heavy (non-hydrogen) atoms. The van der Waals surface area contributed by atoms with Crippen LogP contribution in [0.4, 0.5) is 0 Å². The van der Waals surface area contributed by atoms with Crippen LogP contribution < -0.4 is 5.32 Å². The van der Waals surface area contributed by atoms with Crippen LogP contribution in [0.5, 0.6) is 0 Å². The quantitative estimate of drug-likeness (QED) is 0.721. The van der Waals surface area contributed by atoms with Crippen LogP contribution in [-0.4, -0.2) is 18.3 Å². The minimum atomic E-state index is 0.636. The molecule has 1 nitrogen and oxygen atoms in total. The Labute approximate surface area is 132 Å². The normalized spacial score (nSPS) is 24.6. The minimum Gasteiger partial charge on any atom is -0.313 e. The van der Waals surface area contributed by atoms with E-state index in [4.69, 9.17) is 11.6 Å². The molecule has 1 aliphatic rings. The highest BCUT2D eigenvalue weighted by Crippen LogP contribution is 2.32. The Morgan fingerprint density at radius 1 is 1.30 bits per heavy atom. The second-order valence-corrected chi connectivity index (χ2v) is 7.48. The van der Waals surface area contributed by atoms with Gasteiger partial charge in [-0.3, -0.25) is 0 Å². The summed E-state index contributed by atoms with van der Waals surface area (Å²) in [6.45, 7) is 5.66. The molecule has 2 rings (SSSR count).